The van der Waals surface area contributed by atoms with Crippen molar-refractivity contribution in [2.75, 3.05) is 10.2 Å². The summed E-state index contributed by atoms with van der Waals surface area (Å²) >= 11 is 6.67. The van der Waals surface area contributed by atoms with Gasteiger partial charge in [-0.2, -0.15) is 5.26 Å². The molecular weight excluding hydrogens is 557 g/mol. The van der Waals surface area contributed by atoms with Crippen molar-refractivity contribution in [2.45, 2.75) is 20.4 Å². The zero-order valence-electron chi connectivity index (χ0n) is 22.8. The number of hydrogen-bond donors (Lipinski definition) is 1. The molecule has 0 spiro atoms. The Morgan fingerprint density at radius 1 is 0.976 bits per heavy atom. The summed E-state index contributed by atoms with van der Waals surface area (Å²) in [6.45, 7) is 3.87. The van der Waals surface area contributed by atoms with Crippen LogP contribution in [0.25, 0.3) is 11.8 Å². The largest absolute Gasteiger partial charge is 0.367 e. The van der Waals surface area contributed by atoms with Crippen molar-refractivity contribution in [3.8, 4) is 11.8 Å². The Morgan fingerprint density at radius 3 is 2.24 bits per heavy atom. The van der Waals surface area contributed by atoms with Crippen LogP contribution in [-0.4, -0.2) is 24.2 Å². The summed E-state index contributed by atoms with van der Waals surface area (Å²) in [4.78, 5) is 42.0. The molecule has 0 radical (unpaired) electrons. The van der Waals surface area contributed by atoms with Crippen LogP contribution < -0.4 is 21.3 Å². The average Bonchev–Trinajstić information content (AvgIpc) is 3.36. The number of anilines is 2. The molecule has 0 unspecified atom stereocenters. The van der Waals surface area contributed by atoms with Crippen LogP contribution in [-0.2, 0) is 25.4 Å². The number of aromatic nitrogens is 3. The molecule has 2 aromatic carbocycles. The van der Waals surface area contributed by atoms with Crippen LogP contribution >= 0.6 is 24.0 Å². The van der Waals surface area contributed by atoms with Crippen molar-refractivity contribution in [1.82, 2.24) is 13.9 Å². The quantitative estimate of drug-likeness (QED) is 0.266. The molecule has 41 heavy (non-hydrogen) atoms. The van der Waals surface area contributed by atoms with E-state index in [4.69, 9.17) is 12.2 Å². The molecule has 5 rings (SSSR count). The van der Waals surface area contributed by atoms with Crippen molar-refractivity contribution in [2.24, 2.45) is 14.1 Å². The van der Waals surface area contributed by atoms with Crippen molar-refractivity contribution >= 4 is 51.8 Å². The summed E-state index contributed by atoms with van der Waals surface area (Å²) < 4.78 is 4.78. The number of rotatable bonds is 6. The fraction of sp³-hybridized carbons (Fsp3) is 0.167. The lowest BCUT2D eigenvalue weighted by Gasteiger charge is -2.18. The van der Waals surface area contributed by atoms with Crippen LogP contribution in [0.2, 0.25) is 0 Å². The summed E-state index contributed by atoms with van der Waals surface area (Å²) in [7, 11) is 3.33. The fourth-order valence-corrected chi connectivity index (χ4v) is 6.08. The zero-order chi connectivity index (χ0) is 29.4. The molecule has 0 aliphatic carbocycles. The molecule has 1 N–H and O–H groups in total. The predicted molar refractivity (Wildman–Crippen MR) is 166 cm³/mol. The Labute approximate surface area is 245 Å². The molecule has 0 atom stereocenters. The first kappa shape index (κ1) is 27.9. The van der Waals surface area contributed by atoms with E-state index in [0.717, 1.165) is 17.3 Å². The Bertz CT molecular complexity index is 1900. The highest BCUT2D eigenvalue weighted by Crippen LogP contribution is 2.38. The number of nitrogens with one attached hydrogen (secondary N) is 1. The number of thiocarbonyl (C=S) groups is 1. The summed E-state index contributed by atoms with van der Waals surface area (Å²) in [5.74, 6) is 0.00901. The third kappa shape index (κ3) is 4.81. The molecule has 206 valence electrons. The van der Waals surface area contributed by atoms with Crippen molar-refractivity contribution in [3.05, 3.63) is 114 Å². The van der Waals surface area contributed by atoms with Gasteiger partial charge < -0.3 is 5.32 Å². The highest BCUT2D eigenvalue weighted by molar-refractivity contribution is 8.27. The normalized spacial score (nSPS) is 14.1. The van der Waals surface area contributed by atoms with Crippen molar-refractivity contribution < 1.29 is 4.79 Å². The van der Waals surface area contributed by atoms with Crippen LogP contribution in [0.3, 0.4) is 0 Å². The smallest absolute Gasteiger partial charge is 0.296 e. The molecule has 2 aromatic heterocycles. The van der Waals surface area contributed by atoms with Gasteiger partial charge in [-0.1, -0.05) is 72.5 Å². The highest BCUT2D eigenvalue weighted by atomic mass is 32.2. The van der Waals surface area contributed by atoms with Gasteiger partial charge >= 0.3 is 0 Å². The maximum atomic E-state index is 13.8. The van der Waals surface area contributed by atoms with Gasteiger partial charge in [-0.25, -0.2) is 4.68 Å². The van der Waals surface area contributed by atoms with E-state index in [9.17, 15) is 19.6 Å². The molecule has 1 saturated heterocycles. The van der Waals surface area contributed by atoms with E-state index in [1.807, 2.05) is 66.7 Å². The molecule has 1 aliphatic heterocycles. The molecule has 1 fully saturated rings. The van der Waals surface area contributed by atoms with Crippen LogP contribution in [0.4, 0.5) is 11.5 Å². The zero-order valence-corrected chi connectivity index (χ0v) is 24.5. The number of pyridine rings is 1. The predicted octanol–water partition coefficient (Wildman–Crippen LogP) is 4.38. The number of carbonyl (C=O) groups excluding carboxylic acids is 1. The van der Waals surface area contributed by atoms with E-state index in [2.05, 4.69) is 5.32 Å². The van der Waals surface area contributed by atoms with Crippen LogP contribution in [0.1, 0.15) is 27.9 Å². The van der Waals surface area contributed by atoms with Gasteiger partial charge in [0.15, 0.2) is 4.32 Å². The minimum atomic E-state index is -0.452. The molecule has 1 aliphatic rings. The number of amides is 1. The van der Waals surface area contributed by atoms with E-state index < -0.39 is 11.5 Å². The summed E-state index contributed by atoms with van der Waals surface area (Å²) in [5, 5.41) is 13.0. The summed E-state index contributed by atoms with van der Waals surface area (Å²) in [6, 6.07) is 20.8. The van der Waals surface area contributed by atoms with E-state index >= 15 is 0 Å². The second-order valence-corrected chi connectivity index (χ2v) is 11.2. The maximum Gasteiger partial charge on any atom is 0.296 e. The number of nitriles is 1. The standard InChI is InChI=1S/C30H26N6O3S2/c1-18-22(26(33(3)27(37)23(18)16-31)32-17-20-11-7-5-8-12-20)15-24-28(38)35(30(40)41-24)25-19(2)34(4)36(29(25)39)21-13-9-6-10-14-21/h5-15,32H,17H2,1-4H3/b24-15+. The maximum absolute atomic E-state index is 13.8. The number of thioether (sulfide) groups is 1. The van der Waals surface area contributed by atoms with Gasteiger partial charge in [0.05, 0.1) is 16.3 Å². The molecule has 11 heteroatoms. The molecule has 4 aromatic rings. The number of benzene rings is 2. The Kier molecular flexibility index (Phi) is 7.53. The average molecular weight is 583 g/mol. The van der Waals surface area contributed by atoms with Crippen LogP contribution in [0.5, 0.6) is 0 Å². The van der Waals surface area contributed by atoms with E-state index in [0.29, 0.717) is 34.9 Å². The first-order chi connectivity index (χ1) is 19.6. The van der Waals surface area contributed by atoms with Crippen molar-refractivity contribution in [1.29, 1.82) is 5.26 Å². The van der Waals surface area contributed by atoms with E-state index in [1.54, 1.807) is 38.7 Å². The lowest BCUT2D eigenvalue weighted by atomic mass is 10.0. The molecular formula is C30H26N6O3S2. The minimum absolute atomic E-state index is 0.0101. The number of para-hydroxylation sites is 1. The SMILES string of the molecule is Cc1c(/C=C2/SC(=S)N(c3c(C)n(C)n(-c4ccccc4)c3=O)C2=O)c(NCc2ccccc2)n(C)c(=O)c1C#N. The molecule has 3 heterocycles. The highest BCUT2D eigenvalue weighted by Gasteiger charge is 2.38. The van der Waals surface area contributed by atoms with Gasteiger partial charge in [0.1, 0.15) is 23.1 Å². The Morgan fingerprint density at radius 2 is 1.61 bits per heavy atom. The third-order valence-corrected chi connectivity index (χ3v) is 8.42. The first-order valence-electron chi connectivity index (χ1n) is 12.7. The van der Waals surface area contributed by atoms with E-state index in [1.165, 1.54) is 14.1 Å². The third-order valence-electron chi connectivity index (χ3n) is 7.12. The Hall–Kier alpha value is -4.66. The number of hydrogen-bond acceptors (Lipinski definition) is 7. The molecule has 9 nitrogen and oxygen atoms in total. The van der Waals surface area contributed by atoms with Crippen LogP contribution in [0.15, 0.2) is 75.2 Å². The van der Waals surface area contributed by atoms with Gasteiger partial charge in [0, 0.05) is 26.2 Å². The van der Waals surface area contributed by atoms with Gasteiger partial charge in [-0.05, 0) is 43.2 Å². The van der Waals surface area contributed by atoms with Gasteiger partial charge in [0.25, 0.3) is 17.0 Å². The number of nitrogens with zero attached hydrogens (tertiary/aromatic N) is 5. The Balaban J connectivity index is 1.60. The second-order valence-electron chi connectivity index (χ2n) is 9.50. The first-order valence-corrected chi connectivity index (χ1v) is 13.9. The lowest BCUT2D eigenvalue weighted by Crippen LogP contribution is -2.33. The molecule has 1 amide bonds. The second kappa shape index (κ2) is 11.1. The topological polar surface area (TPSA) is 105 Å². The number of carbonyl (C=O) groups is 1. The molecule has 0 saturated carbocycles. The summed E-state index contributed by atoms with van der Waals surface area (Å²) in [5.41, 5.74) is 2.55. The van der Waals surface area contributed by atoms with Crippen molar-refractivity contribution in [3.63, 3.8) is 0 Å². The van der Waals surface area contributed by atoms with Crippen LogP contribution in [0, 0.1) is 25.2 Å². The van der Waals surface area contributed by atoms with Gasteiger partial charge in [-0.3, -0.25) is 28.5 Å². The van der Waals surface area contributed by atoms with Gasteiger partial charge in [-0.15, -0.1) is 0 Å². The molecule has 0 bridgehead atoms. The monoisotopic (exact) mass is 582 g/mol. The van der Waals surface area contributed by atoms with E-state index in [-0.39, 0.29) is 26.0 Å². The summed E-state index contributed by atoms with van der Waals surface area (Å²) in [6.07, 6.45) is 1.64. The minimum Gasteiger partial charge on any atom is -0.367 e. The fourth-order valence-electron chi connectivity index (χ4n) is 4.83. The van der Waals surface area contributed by atoms with Gasteiger partial charge in [0.2, 0.25) is 0 Å². The lowest BCUT2D eigenvalue weighted by molar-refractivity contribution is -0.113.